The van der Waals surface area contributed by atoms with Gasteiger partial charge in [-0.1, -0.05) is 60.2 Å². The number of nitrogens with zero attached hydrogens (tertiary/aromatic N) is 4. The van der Waals surface area contributed by atoms with E-state index in [1.165, 1.54) is 5.56 Å². The van der Waals surface area contributed by atoms with Crippen LogP contribution in [0, 0.1) is 6.92 Å². The molecule has 1 aromatic heterocycles. The Labute approximate surface area is 206 Å². The van der Waals surface area contributed by atoms with Crippen LogP contribution in [0.4, 0.5) is 0 Å². The molecule has 0 atom stereocenters. The van der Waals surface area contributed by atoms with Gasteiger partial charge >= 0.3 is 0 Å². The Hall–Kier alpha value is -3.90. The van der Waals surface area contributed by atoms with Crippen LogP contribution in [0.1, 0.15) is 21.6 Å². The van der Waals surface area contributed by atoms with Crippen LogP contribution in [0.2, 0.25) is 0 Å². The number of carbonyl (C=O) groups is 1. The molecule has 4 aromatic rings. The summed E-state index contributed by atoms with van der Waals surface area (Å²) in [5.41, 5.74) is 5.57. The molecule has 0 N–H and O–H groups in total. The second-order valence-corrected chi connectivity index (χ2v) is 8.95. The van der Waals surface area contributed by atoms with E-state index in [-0.39, 0.29) is 5.91 Å². The normalized spacial score (nSPS) is 14.2. The summed E-state index contributed by atoms with van der Waals surface area (Å²) in [5, 5.41) is 4.85. The molecule has 1 aliphatic heterocycles. The summed E-state index contributed by atoms with van der Waals surface area (Å²) >= 11 is 0. The molecule has 0 radical (unpaired) electrons. The Morgan fingerprint density at radius 1 is 0.886 bits per heavy atom. The van der Waals surface area contributed by atoms with Gasteiger partial charge < -0.3 is 9.64 Å². The maximum Gasteiger partial charge on any atom is 0.272 e. The highest BCUT2D eigenvalue weighted by molar-refractivity contribution is 5.94. The standard InChI is InChI=1S/C29H30N4O2/c1-22-11-13-25(14-12-22)33-28(20-27(30-33)24-9-6-10-26(19-24)35-2)29(34)32-17-15-31(16-18-32)21-23-7-4-3-5-8-23/h3-14,19-20H,15-18,21H2,1-2H3. The lowest BCUT2D eigenvalue weighted by Gasteiger charge is -2.34. The zero-order valence-corrected chi connectivity index (χ0v) is 20.2. The van der Waals surface area contributed by atoms with Crippen molar-refractivity contribution in [1.29, 1.82) is 0 Å². The molecule has 3 aromatic carbocycles. The fourth-order valence-electron chi connectivity index (χ4n) is 4.45. The monoisotopic (exact) mass is 466 g/mol. The van der Waals surface area contributed by atoms with Crippen LogP contribution in [0.3, 0.4) is 0 Å². The minimum atomic E-state index is 0.00609. The highest BCUT2D eigenvalue weighted by atomic mass is 16.5. The number of piperazine rings is 1. The minimum absolute atomic E-state index is 0.00609. The van der Waals surface area contributed by atoms with E-state index in [1.807, 2.05) is 65.6 Å². The molecule has 5 rings (SSSR count). The molecule has 0 aliphatic carbocycles. The SMILES string of the molecule is COc1cccc(-c2cc(C(=O)N3CCN(Cc4ccccc4)CC3)n(-c3ccc(C)cc3)n2)c1. The molecule has 6 nitrogen and oxygen atoms in total. The number of ether oxygens (including phenoxy) is 1. The van der Waals surface area contributed by atoms with Crippen molar-refractivity contribution in [3.8, 4) is 22.7 Å². The van der Waals surface area contributed by atoms with Crippen LogP contribution in [-0.4, -0.2) is 58.8 Å². The summed E-state index contributed by atoms with van der Waals surface area (Å²) in [5.74, 6) is 0.765. The first-order valence-corrected chi connectivity index (χ1v) is 12.0. The molecule has 0 unspecified atom stereocenters. The average molecular weight is 467 g/mol. The quantitative estimate of drug-likeness (QED) is 0.409. The number of benzene rings is 3. The minimum Gasteiger partial charge on any atom is -0.497 e. The van der Waals surface area contributed by atoms with Crippen LogP contribution in [0.15, 0.2) is 84.9 Å². The molecule has 1 amide bonds. The first-order chi connectivity index (χ1) is 17.1. The summed E-state index contributed by atoms with van der Waals surface area (Å²) in [4.78, 5) is 18.1. The summed E-state index contributed by atoms with van der Waals surface area (Å²) in [6, 6.07) is 28.2. The van der Waals surface area contributed by atoms with Gasteiger partial charge in [0.05, 0.1) is 18.5 Å². The zero-order chi connectivity index (χ0) is 24.2. The number of aryl methyl sites for hydroxylation is 1. The Kier molecular flexibility index (Phi) is 6.64. The van der Waals surface area contributed by atoms with Crippen molar-refractivity contribution in [2.75, 3.05) is 33.3 Å². The maximum atomic E-state index is 13.7. The van der Waals surface area contributed by atoms with Gasteiger partial charge in [-0.3, -0.25) is 9.69 Å². The number of aromatic nitrogens is 2. The molecule has 0 saturated carbocycles. The third-order valence-corrected chi connectivity index (χ3v) is 6.48. The first-order valence-electron chi connectivity index (χ1n) is 12.0. The number of carbonyl (C=O) groups excluding carboxylic acids is 1. The Morgan fingerprint density at radius 2 is 1.63 bits per heavy atom. The van der Waals surface area contributed by atoms with E-state index in [0.717, 1.165) is 47.9 Å². The molecule has 178 valence electrons. The highest BCUT2D eigenvalue weighted by Crippen LogP contribution is 2.26. The molecular weight excluding hydrogens is 436 g/mol. The summed E-state index contributed by atoms with van der Waals surface area (Å²) in [6.45, 7) is 6.04. The van der Waals surface area contributed by atoms with Crippen LogP contribution >= 0.6 is 0 Å². The van der Waals surface area contributed by atoms with Gasteiger partial charge in [-0.25, -0.2) is 4.68 Å². The number of amides is 1. The van der Waals surface area contributed by atoms with E-state index in [1.54, 1.807) is 11.8 Å². The van der Waals surface area contributed by atoms with Gasteiger partial charge in [-0.05, 0) is 42.8 Å². The number of rotatable bonds is 6. The van der Waals surface area contributed by atoms with Gasteiger partial charge in [0.1, 0.15) is 11.4 Å². The number of methoxy groups -OCH3 is 1. The molecule has 0 bridgehead atoms. The number of hydrogen-bond acceptors (Lipinski definition) is 4. The van der Waals surface area contributed by atoms with E-state index in [4.69, 9.17) is 9.84 Å². The highest BCUT2D eigenvalue weighted by Gasteiger charge is 2.26. The Balaban J connectivity index is 1.40. The fourth-order valence-corrected chi connectivity index (χ4v) is 4.45. The van der Waals surface area contributed by atoms with Crippen molar-refractivity contribution >= 4 is 5.91 Å². The van der Waals surface area contributed by atoms with Crippen molar-refractivity contribution in [3.63, 3.8) is 0 Å². The lowest BCUT2D eigenvalue weighted by Crippen LogP contribution is -2.48. The molecule has 1 fully saturated rings. The van der Waals surface area contributed by atoms with E-state index >= 15 is 0 Å². The van der Waals surface area contributed by atoms with E-state index in [9.17, 15) is 4.79 Å². The Morgan fingerprint density at radius 3 is 2.34 bits per heavy atom. The Bertz CT molecular complexity index is 1290. The van der Waals surface area contributed by atoms with Crippen molar-refractivity contribution in [2.24, 2.45) is 0 Å². The molecular formula is C29H30N4O2. The second kappa shape index (κ2) is 10.2. The maximum absolute atomic E-state index is 13.7. The van der Waals surface area contributed by atoms with Crippen LogP contribution in [0.5, 0.6) is 5.75 Å². The van der Waals surface area contributed by atoms with Crippen molar-refractivity contribution < 1.29 is 9.53 Å². The van der Waals surface area contributed by atoms with Gasteiger partial charge in [-0.15, -0.1) is 0 Å². The van der Waals surface area contributed by atoms with E-state index in [0.29, 0.717) is 18.8 Å². The molecule has 1 saturated heterocycles. The lowest BCUT2D eigenvalue weighted by molar-refractivity contribution is 0.0619. The third-order valence-electron chi connectivity index (χ3n) is 6.48. The topological polar surface area (TPSA) is 50.6 Å². The van der Waals surface area contributed by atoms with Gasteiger partial charge in [-0.2, -0.15) is 5.10 Å². The largest absolute Gasteiger partial charge is 0.497 e. The predicted molar refractivity (Wildman–Crippen MR) is 138 cm³/mol. The molecule has 1 aliphatic rings. The van der Waals surface area contributed by atoms with Gasteiger partial charge in [0, 0.05) is 38.3 Å². The van der Waals surface area contributed by atoms with E-state index in [2.05, 4.69) is 36.1 Å². The summed E-state index contributed by atoms with van der Waals surface area (Å²) < 4.78 is 7.16. The molecule has 0 spiro atoms. The van der Waals surface area contributed by atoms with Gasteiger partial charge in [0.2, 0.25) is 0 Å². The van der Waals surface area contributed by atoms with Crippen molar-refractivity contribution in [2.45, 2.75) is 13.5 Å². The van der Waals surface area contributed by atoms with Crippen molar-refractivity contribution in [3.05, 3.63) is 102 Å². The number of hydrogen-bond donors (Lipinski definition) is 0. The van der Waals surface area contributed by atoms with Gasteiger partial charge in [0.15, 0.2) is 0 Å². The third kappa shape index (κ3) is 5.12. The van der Waals surface area contributed by atoms with Crippen molar-refractivity contribution in [1.82, 2.24) is 19.6 Å². The first kappa shape index (κ1) is 22.9. The molecule has 2 heterocycles. The van der Waals surface area contributed by atoms with Gasteiger partial charge in [0.25, 0.3) is 5.91 Å². The van der Waals surface area contributed by atoms with E-state index < -0.39 is 0 Å². The zero-order valence-electron chi connectivity index (χ0n) is 20.2. The van der Waals surface area contributed by atoms with Crippen LogP contribution < -0.4 is 4.74 Å². The predicted octanol–water partition coefficient (Wildman–Crippen LogP) is 4.81. The summed E-state index contributed by atoms with van der Waals surface area (Å²) in [6.07, 6.45) is 0. The lowest BCUT2D eigenvalue weighted by atomic mass is 10.1. The fraction of sp³-hybridized carbons (Fsp3) is 0.241. The molecule has 6 heteroatoms. The van der Waals surface area contributed by atoms with Crippen LogP contribution in [0.25, 0.3) is 16.9 Å². The average Bonchev–Trinajstić information content (AvgIpc) is 3.35. The summed E-state index contributed by atoms with van der Waals surface area (Å²) in [7, 11) is 1.65. The molecule has 35 heavy (non-hydrogen) atoms. The smallest absolute Gasteiger partial charge is 0.272 e. The van der Waals surface area contributed by atoms with Crippen LogP contribution in [-0.2, 0) is 6.54 Å². The second-order valence-electron chi connectivity index (χ2n) is 8.95.